The molecule has 0 N–H and O–H groups in total. The molecule has 0 aliphatic carbocycles. The number of aromatic nitrogens is 4. The zero-order valence-corrected chi connectivity index (χ0v) is 50.9. The van der Waals surface area contributed by atoms with Crippen LogP contribution >= 0.6 is 45.3 Å². The van der Waals surface area contributed by atoms with E-state index < -0.39 is 0 Å². The summed E-state index contributed by atoms with van der Waals surface area (Å²) in [6.45, 7) is 17.4. The lowest BCUT2D eigenvalue weighted by atomic mass is 10.0. The summed E-state index contributed by atoms with van der Waals surface area (Å²) >= 11 is 7.24. The number of fused-ring (bicyclic) bond motifs is 4. The highest BCUT2D eigenvalue weighted by Crippen LogP contribution is 2.35. The second-order valence-corrected chi connectivity index (χ2v) is 25.4. The standard InChI is InChI=1S/C18H20NS.C17H19N2S.C17H17NS.C16H16N2S/c1-12(2)14-6-8-15(9-7-14)18-19(4)16-10-5-13(3)11-17(16)20-18;1-12-5-10-15-16(11-12)20-17(19(15)4)13-6-8-14(9-7-13)18(2)3;1-11(2)13-5-7-14(8-6-13)17-18-15-9-4-12(3)10-16(15)19-17;1-11-4-9-14-15(10-11)19-16(17-14)12-5-7-13(8-6-12)18(2)3/h5-12H,1-4H3;5-11H,1-4H3;4-11H,1-3H3;4-10H,1-3H3/q2*+1;;. The summed E-state index contributed by atoms with van der Waals surface area (Å²) in [6.07, 6.45) is 0. The molecule has 0 amide bonds. The highest BCUT2D eigenvalue weighted by atomic mass is 32.1. The minimum Gasteiger partial charge on any atom is -0.378 e. The van der Waals surface area contributed by atoms with E-state index in [1.54, 1.807) is 22.7 Å². The molecule has 12 rings (SSSR count). The summed E-state index contributed by atoms with van der Waals surface area (Å²) in [7, 11) is 12.5. The van der Waals surface area contributed by atoms with E-state index in [0.29, 0.717) is 11.8 Å². The fourth-order valence-electron chi connectivity index (χ4n) is 9.17. The van der Waals surface area contributed by atoms with E-state index in [4.69, 9.17) is 9.97 Å². The third-order valence-corrected chi connectivity index (χ3v) is 18.6. The molecular formula is C68H72N6S4+2. The number of benzene rings is 8. The first-order chi connectivity index (χ1) is 37.4. The molecular weight excluding hydrogens is 1030 g/mol. The maximum absolute atomic E-state index is 4.72. The van der Waals surface area contributed by atoms with E-state index in [2.05, 4.69) is 286 Å². The molecule has 0 fully saturated rings. The number of aryl methyl sites for hydroxylation is 6. The third kappa shape index (κ3) is 12.9. The van der Waals surface area contributed by atoms with Gasteiger partial charge in [0.15, 0.2) is 0 Å². The lowest BCUT2D eigenvalue weighted by Gasteiger charge is -2.11. The summed E-state index contributed by atoms with van der Waals surface area (Å²) in [5, 5.41) is 4.82. The highest BCUT2D eigenvalue weighted by molar-refractivity contribution is 7.22. The lowest BCUT2D eigenvalue weighted by molar-refractivity contribution is -0.629. The Morgan fingerprint density at radius 3 is 1.01 bits per heavy atom. The molecule has 10 heteroatoms. The number of anilines is 2. The van der Waals surface area contributed by atoms with Crippen molar-refractivity contribution in [3.63, 3.8) is 0 Å². The van der Waals surface area contributed by atoms with Crippen LogP contribution in [-0.2, 0) is 14.1 Å². The number of thiazole rings is 4. The molecule has 4 heterocycles. The van der Waals surface area contributed by atoms with Crippen LogP contribution in [-0.4, -0.2) is 38.2 Å². The largest absolute Gasteiger partial charge is 0.378 e. The van der Waals surface area contributed by atoms with Gasteiger partial charge in [0.25, 0.3) is 10.0 Å². The van der Waals surface area contributed by atoms with Gasteiger partial charge < -0.3 is 9.80 Å². The third-order valence-electron chi connectivity index (χ3n) is 14.0. The predicted molar refractivity (Wildman–Crippen MR) is 343 cm³/mol. The average molecular weight is 1100 g/mol. The van der Waals surface area contributed by atoms with Gasteiger partial charge in [0.05, 0.1) is 31.6 Å². The Hall–Kier alpha value is -7.08. The van der Waals surface area contributed by atoms with Gasteiger partial charge in [-0.1, -0.05) is 111 Å². The first-order valence-electron chi connectivity index (χ1n) is 26.7. The van der Waals surface area contributed by atoms with Crippen molar-refractivity contribution in [3.05, 3.63) is 203 Å². The first kappa shape index (κ1) is 55.7. The molecule has 0 spiro atoms. The second-order valence-electron chi connectivity index (χ2n) is 21.3. The summed E-state index contributed by atoms with van der Waals surface area (Å²) in [4.78, 5) is 13.6. The molecule has 0 aliphatic rings. The van der Waals surface area contributed by atoms with Crippen molar-refractivity contribution >= 4 is 97.6 Å². The van der Waals surface area contributed by atoms with Crippen molar-refractivity contribution in [2.24, 2.45) is 14.1 Å². The van der Waals surface area contributed by atoms with Crippen LogP contribution in [0.4, 0.5) is 11.4 Å². The van der Waals surface area contributed by atoms with Gasteiger partial charge in [0.2, 0.25) is 11.0 Å². The van der Waals surface area contributed by atoms with Crippen LogP contribution < -0.4 is 18.9 Å². The van der Waals surface area contributed by atoms with Gasteiger partial charge in [-0.25, -0.2) is 9.97 Å². The van der Waals surface area contributed by atoms with Crippen LogP contribution in [0.25, 0.3) is 83.2 Å². The maximum atomic E-state index is 4.72. The highest BCUT2D eigenvalue weighted by Gasteiger charge is 2.20. The Morgan fingerprint density at radius 2 is 0.667 bits per heavy atom. The van der Waals surface area contributed by atoms with E-state index in [1.165, 1.54) is 107 Å². The summed E-state index contributed by atoms with van der Waals surface area (Å²) < 4.78 is 9.80. The molecule has 0 saturated carbocycles. The predicted octanol–water partition coefficient (Wildman–Crippen LogP) is 18.3. The molecule has 0 radical (unpaired) electrons. The number of rotatable bonds is 8. The second kappa shape index (κ2) is 24.3. The van der Waals surface area contributed by atoms with Crippen LogP contribution in [0.2, 0.25) is 0 Å². The smallest absolute Gasteiger partial charge is 0.269 e. The Morgan fingerprint density at radius 1 is 0.359 bits per heavy atom. The van der Waals surface area contributed by atoms with Crippen LogP contribution in [0.15, 0.2) is 170 Å². The molecule has 6 nitrogen and oxygen atoms in total. The normalized spacial score (nSPS) is 11.2. The Kier molecular flexibility index (Phi) is 17.3. The van der Waals surface area contributed by atoms with Gasteiger partial charge in [-0.05, 0) is 170 Å². The zero-order valence-electron chi connectivity index (χ0n) is 47.6. The van der Waals surface area contributed by atoms with Crippen molar-refractivity contribution in [1.29, 1.82) is 0 Å². The average Bonchev–Trinajstić information content (AvgIpc) is 4.30. The molecule has 0 aliphatic heterocycles. The van der Waals surface area contributed by atoms with Crippen molar-refractivity contribution < 1.29 is 9.13 Å². The molecule has 78 heavy (non-hydrogen) atoms. The van der Waals surface area contributed by atoms with Crippen molar-refractivity contribution in [2.45, 2.75) is 67.2 Å². The molecule has 4 aromatic heterocycles. The molecule has 0 saturated heterocycles. The van der Waals surface area contributed by atoms with Crippen LogP contribution in [0.5, 0.6) is 0 Å². The minimum absolute atomic E-state index is 0.576. The minimum atomic E-state index is 0.576. The van der Waals surface area contributed by atoms with E-state index in [0.717, 1.165) is 21.0 Å². The van der Waals surface area contributed by atoms with Gasteiger partial charge in [-0.2, -0.15) is 9.13 Å². The molecule has 8 aromatic carbocycles. The van der Waals surface area contributed by atoms with Crippen molar-refractivity contribution in [3.8, 4) is 42.3 Å². The van der Waals surface area contributed by atoms with Gasteiger partial charge in [0.1, 0.15) is 33.5 Å². The number of hydrogen-bond donors (Lipinski definition) is 0. The van der Waals surface area contributed by atoms with E-state index >= 15 is 0 Å². The van der Waals surface area contributed by atoms with Crippen LogP contribution in [0.3, 0.4) is 0 Å². The quantitative estimate of drug-likeness (QED) is 0.142. The number of hydrogen-bond acceptors (Lipinski definition) is 8. The van der Waals surface area contributed by atoms with Gasteiger partial charge in [-0.15, -0.1) is 22.7 Å². The van der Waals surface area contributed by atoms with E-state index in [-0.39, 0.29) is 0 Å². The molecule has 0 bridgehead atoms. The van der Waals surface area contributed by atoms with Crippen LogP contribution in [0, 0.1) is 27.7 Å². The van der Waals surface area contributed by atoms with Gasteiger partial charge in [-0.3, -0.25) is 0 Å². The summed E-state index contributed by atoms with van der Waals surface area (Å²) in [5.74, 6) is 1.16. The summed E-state index contributed by atoms with van der Waals surface area (Å²) in [5.41, 5.74) is 20.2. The maximum Gasteiger partial charge on any atom is 0.269 e. The molecule has 12 aromatic rings. The topological polar surface area (TPSA) is 40.0 Å². The SMILES string of the molecule is Cc1ccc2c(c1)sc(-c1ccc(C(C)C)cc1)[n+]2C.Cc1ccc2c(c1)sc(-c1ccc(N(C)C)cc1)[n+]2C.Cc1ccc2nc(-c3ccc(C(C)C)cc3)sc2c1.Cc1ccc2nc(-c3ccc(N(C)C)cc3)sc2c1. The lowest BCUT2D eigenvalue weighted by Crippen LogP contribution is -2.28. The molecule has 396 valence electrons. The fourth-order valence-corrected chi connectivity index (χ4v) is 13.8. The van der Waals surface area contributed by atoms with Crippen LogP contribution in [0.1, 0.15) is 72.9 Å². The molecule has 0 unspecified atom stereocenters. The zero-order chi connectivity index (χ0) is 55.4. The monoisotopic (exact) mass is 1100 g/mol. The first-order valence-corrected chi connectivity index (χ1v) is 29.9. The number of nitrogens with zero attached hydrogens (tertiary/aromatic N) is 6. The van der Waals surface area contributed by atoms with Crippen molar-refractivity contribution in [2.75, 3.05) is 38.0 Å². The Labute approximate surface area is 478 Å². The molecule has 0 atom stereocenters. The van der Waals surface area contributed by atoms with Gasteiger partial charge >= 0.3 is 0 Å². The fraction of sp³-hybridized carbons (Fsp3) is 0.235. The Bertz CT molecular complexity index is 3710. The Balaban J connectivity index is 0.000000126. The summed E-state index contributed by atoms with van der Waals surface area (Å²) in [6, 6.07) is 61.2. The van der Waals surface area contributed by atoms with Crippen molar-refractivity contribution in [1.82, 2.24) is 9.97 Å². The van der Waals surface area contributed by atoms with E-state index in [9.17, 15) is 0 Å². The van der Waals surface area contributed by atoms with Gasteiger partial charge in [0, 0.05) is 62.8 Å². The van der Waals surface area contributed by atoms with E-state index in [1.807, 2.05) is 22.7 Å².